The third-order valence-corrected chi connectivity index (χ3v) is 7.37. The summed E-state index contributed by atoms with van der Waals surface area (Å²) in [6, 6.07) is 26.4. The lowest BCUT2D eigenvalue weighted by Crippen LogP contribution is -2.15. The van der Waals surface area contributed by atoms with E-state index in [1.54, 1.807) is 7.11 Å². The summed E-state index contributed by atoms with van der Waals surface area (Å²) in [5, 5.41) is 8.58. The fourth-order valence-electron chi connectivity index (χ4n) is 5.18. The molecule has 1 aliphatic rings. The molecule has 0 fully saturated rings. The van der Waals surface area contributed by atoms with Crippen LogP contribution in [-0.4, -0.2) is 26.3 Å². The average molecular weight is 523 g/mol. The number of aromatic nitrogens is 3. The molecule has 0 aliphatic carbocycles. The topological polar surface area (TPSA) is 52.7 Å². The van der Waals surface area contributed by atoms with Gasteiger partial charge in [0.05, 0.1) is 7.11 Å². The number of anilines is 1. The Hall–Kier alpha value is -4.10. The van der Waals surface area contributed by atoms with Gasteiger partial charge in [0.25, 0.3) is 0 Å². The van der Waals surface area contributed by atoms with Gasteiger partial charge in [-0.2, -0.15) is 0 Å². The van der Waals surface area contributed by atoms with Crippen molar-refractivity contribution in [2.75, 3.05) is 12.4 Å². The Morgan fingerprint density at radius 3 is 2.45 bits per heavy atom. The molecule has 0 saturated heterocycles. The second-order valence-corrected chi connectivity index (χ2v) is 10.0. The first-order valence-electron chi connectivity index (χ1n) is 13.0. The van der Waals surface area contributed by atoms with Gasteiger partial charge in [0.2, 0.25) is 0 Å². The van der Waals surface area contributed by atoms with Crippen LogP contribution in [0.15, 0.2) is 78.9 Å². The van der Waals surface area contributed by atoms with Crippen molar-refractivity contribution in [1.82, 2.24) is 14.2 Å². The second-order valence-electron chi connectivity index (χ2n) is 9.61. The smallest absolute Gasteiger partial charge is 0.169 e. The summed E-state index contributed by atoms with van der Waals surface area (Å²) >= 11 is 6.07. The Bertz CT molecular complexity index is 1590. The molecule has 38 heavy (non-hydrogen) atoms. The maximum absolute atomic E-state index is 6.13. The zero-order chi connectivity index (χ0) is 26.1. The number of thiocarbonyl (C=S) groups is 1. The van der Waals surface area contributed by atoms with E-state index in [4.69, 9.17) is 26.8 Å². The van der Waals surface area contributed by atoms with E-state index in [2.05, 4.69) is 53.2 Å². The fraction of sp³-hybridized carbons (Fsp3) is 0.226. The van der Waals surface area contributed by atoms with Crippen molar-refractivity contribution < 1.29 is 9.47 Å². The van der Waals surface area contributed by atoms with Gasteiger partial charge in [-0.3, -0.25) is 0 Å². The molecule has 5 aromatic rings. The van der Waals surface area contributed by atoms with E-state index in [1.807, 2.05) is 47.0 Å². The van der Waals surface area contributed by atoms with Crippen LogP contribution in [-0.2, 0) is 19.6 Å². The van der Waals surface area contributed by atoms with Gasteiger partial charge in [0.15, 0.2) is 5.82 Å². The van der Waals surface area contributed by atoms with Crippen LogP contribution in [0.3, 0.4) is 0 Å². The zero-order valence-corrected chi connectivity index (χ0v) is 22.4. The zero-order valence-electron chi connectivity index (χ0n) is 21.6. The molecule has 6 rings (SSSR count). The Morgan fingerprint density at radius 1 is 0.947 bits per heavy atom. The lowest BCUT2D eigenvalue weighted by atomic mass is 9.98. The molecule has 7 heteroatoms. The number of nitrogens with zero attached hydrogens (tertiary/aromatic N) is 3. The third kappa shape index (κ3) is 4.54. The Balaban J connectivity index is 1.49. The van der Waals surface area contributed by atoms with Crippen molar-refractivity contribution >= 4 is 28.5 Å². The summed E-state index contributed by atoms with van der Waals surface area (Å²) in [4.78, 5) is 0.640. The van der Waals surface area contributed by atoms with Crippen molar-refractivity contribution in [3.63, 3.8) is 0 Å². The second kappa shape index (κ2) is 10.3. The van der Waals surface area contributed by atoms with E-state index < -0.39 is 0 Å². The van der Waals surface area contributed by atoms with Gasteiger partial charge in [-0.05, 0) is 68.1 Å². The van der Waals surface area contributed by atoms with Crippen LogP contribution in [0.4, 0.5) is 5.69 Å². The third-order valence-electron chi connectivity index (χ3n) is 7.08. The van der Waals surface area contributed by atoms with Crippen molar-refractivity contribution in [3.05, 3.63) is 102 Å². The minimum atomic E-state index is 0.389. The summed E-state index contributed by atoms with van der Waals surface area (Å²) in [7, 11) is 1.69. The van der Waals surface area contributed by atoms with Crippen LogP contribution >= 0.6 is 12.2 Å². The SMILES string of the molecule is COc1ccc(-c2c3c4n(c(COc5ccccc5)nn4c2C(=S)Nc2ccc(C)cc2)CCCC3)cc1. The molecule has 0 bridgehead atoms. The monoisotopic (exact) mass is 522 g/mol. The van der Waals surface area contributed by atoms with Crippen LogP contribution < -0.4 is 14.8 Å². The van der Waals surface area contributed by atoms with Gasteiger partial charge in [0.1, 0.15) is 34.4 Å². The highest BCUT2D eigenvalue weighted by molar-refractivity contribution is 7.81. The first-order valence-corrected chi connectivity index (χ1v) is 13.4. The molecule has 0 atom stereocenters. The summed E-state index contributed by atoms with van der Waals surface area (Å²) in [6.45, 7) is 3.37. The summed E-state index contributed by atoms with van der Waals surface area (Å²) in [6.07, 6.45) is 3.15. The van der Waals surface area contributed by atoms with Crippen molar-refractivity contribution in [2.24, 2.45) is 0 Å². The maximum Gasteiger partial charge on any atom is 0.169 e. The first kappa shape index (κ1) is 24.2. The molecule has 0 saturated carbocycles. The molecule has 6 nitrogen and oxygen atoms in total. The van der Waals surface area contributed by atoms with Crippen molar-refractivity contribution in [2.45, 2.75) is 39.3 Å². The molecule has 3 aromatic carbocycles. The number of methoxy groups -OCH3 is 1. The lowest BCUT2D eigenvalue weighted by Gasteiger charge is -2.12. The van der Waals surface area contributed by atoms with Gasteiger partial charge in [0, 0.05) is 23.4 Å². The maximum atomic E-state index is 6.13. The van der Waals surface area contributed by atoms with E-state index in [9.17, 15) is 0 Å². The normalized spacial score (nSPS) is 12.8. The predicted octanol–water partition coefficient (Wildman–Crippen LogP) is 6.82. The number of benzene rings is 3. The number of aryl methyl sites for hydroxylation is 3. The number of hydrogen-bond acceptors (Lipinski definition) is 4. The van der Waals surface area contributed by atoms with Crippen LogP contribution in [0.2, 0.25) is 0 Å². The van der Waals surface area contributed by atoms with E-state index >= 15 is 0 Å². The molecule has 3 heterocycles. The highest BCUT2D eigenvalue weighted by atomic mass is 32.1. The van der Waals surface area contributed by atoms with Crippen LogP contribution in [0.1, 0.15) is 35.5 Å². The Morgan fingerprint density at radius 2 is 1.71 bits per heavy atom. The summed E-state index contributed by atoms with van der Waals surface area (Å²) < 4.78 is 15.9. The minimum Gasteiger partial charge on any atom is -0.497 e. The number of para-hydroxylation sites is 1. The van der Waals surface area contributed by atoms with Gasteiger partial charge in [-0.1, -0.05) is 60.2 Å². The lowest BCUT2D eigenvalue weighted by molar-refractivity contribution is 0.288. The van der Waals surface area contributed by atoms with E-state index in [-0.39, 0.29) is 0 Å². The Kier molecular flexibility index (Phi) is 6.60. The number of rotatable bonds is 7. The Labute approximate surface area is 227 Å². The highest BCUT2D eigenvalue weighted by Crippen LogP contribution is 2.38. The molecule has 1 aliphatic heterocycles. The van der Waals surface area contributed by atoms with Gasteiger partial charge >= 0.3 is 0 Å². The number of hydrogen-bond donors (Lipinski definition) is 1. The number of nitrogens with one attached hydrogen (secondary N) is 1. The first-order chi connectivity index (χ1) is 18.6. The molecule has 2 aromatic heterocycles. The van der Waals surface area contributed by atoms with E-state index in [0.29, 0.717) is 11.6 Å². The van der Waals surface area contributed by atoms with Crippen LogP contribution in [0, 0.1) is 6.92 Å². The molecule has 0 amide bonds. The molecule has 192 valence electrons. The van der Waals surface area contributed by atoms with Gasteiger partial charge in [-0.15, -0.1) is 5.10 Å². The molecule has 0 unspecified atom stereocenters. The molecular weight excluding hydrogens is 492 g/mol. The van der Waals surface area contributed by atoms with E-state index in [1.165, 1.54) is 11.1 Å². The highest BCUT2D eigenvalue weighted by Gasteiger charge is 2.29. The average Bonchev–Trinajstić information content (AvgIpc) is 3.35. The molecular formula is C31H30N4O2S. The van der Waals surface area contributed by atoms with Gasteiger partial charge in [-0.25, -0.2) is 4.52 Å². The molecule has 1 N–H and O–H groups in total. The standard InChI is InChI=1S/C31H30N4O2S/c1-21-11-15-23(16-12-21)32-30(38)29-28(22-13-17-24(36-2)18-14-22)26-10-6-7-19-34-27(33-35(29)31(26)34)20-37-25-8-4-3-5-9-25/h3-5,8-9,11-18H,6-7,10,19-20H2,1-2H3,(H,32,38). The molecule has 0 radical (unpaired) electrons. The van der Waals surface area contributed by atoms with Gasteiger partial charge < -0.3 is 19.4 Å². The number of ether oxygens (including phenoxy) is 2. The fourth-order valence-corrected chi connectivity index (χ4v) is 5.49. The molecule has 0 spiro atoms. The van der Waals surface area contributed by atoms with Crippen molar-refractivity contribution in [3.8, 4) is 22.6 Å². The van der Waals surface area contributed by atoms with Crippen LogP contribution in [0.5, 0.6) is 11.5 Å². The quantitative estimate of drug-likeness (QED) is 0.238. The summed E-state index contributed by atoms with van der Waals surface area (Å²) in [5.41, 5.74) is 7.67. The minimum absolute atomic E-state index is 0.389. The largest absolute Gasteiger partial charge is 0.497 e. The van der Waals surface area contributed by atoms with Crippen molar-refractivity contribution in [1.29, 1.82) is 0 Å². The predicted molar refractivity (Wildman–Crippen MR) is 155 cm³/mol. The van der Waals surface area contributed by atoms with Crippen LogP contribution in [0.25, 0.3) is 16.8 Å². The summed E-state index contributed by atoms with van der Waals surface area (Å²) in [5.74, 6) is 2.55. The van der Waals surface area contributed by atoms with E-state index in [0.717, 1.165) is 71.3 Å².